The first-order chi connectivity index (χ1) is 16.9. The van der Waals surface area contributed by atoms with Crippen LogP contribution >= 0.6 is 11.8 Å². The van der Waals surface area contributed by atoms with Gasteiger partial charge in [0.25, 0.3) is 11.5 Å². The molecule has 0 spiro atoms. The van der Waals surface area contributed by atoms with Crippen LogP contribution in [0.4, 0.5) is 0 Å². The van der Waals surface area contributed by atoms with E-state index < -0.39 is 11.5 Å². The number of hydrogen-bond donors (Lipinski definition) is 2. The van der Waals surface area contributed by atoms with Crippen LogP contribution in [-0.4, -0.2) is 30.2 Å². The van der Waals surface area contributed by atoms with Crippen molar-refractivity contribution in [3.8, 4) is 5.75 Å². The third kappa shape index (κ3) is 4.88. The molecule has 7 heteroatoms. The Labute approximate surface area is 209 Å². The second-order valence-electron chi connectivity index (χ2n) is 9.23. The molecule has 0 aliphatic carbocycles. The molecular formula is C28H30N2O4S. The van der Waals surface area contributed by atoms with Crippen LogP contribution in [0.5, 0.6) is 5.75 Å². The lowest BCUT2D eigenvalue weighted by Crippen LogP contribution is -2.35. The molecule has 182 valence electrons. The number of aromatic amines is 1. The van der Waals surface area contributed by atoms with Gasteiger partial charge in [-0.25, -0.2) is 0 Å². The third-order valence-electron chi connectivity index (χ3n) is 6.60. The van der Waals surface area contributed by atoms with Gasteiger partial charge >= 0.3 is 0 Å². The van der Waals surface area contributed by atoms with E-state index in [-0.39, 0.29) is 17.7 Å². The summed E-state index contributed by atoms with van der Waals surface area (Å²) in [6.45, 7) is 7.39. The number of fused-ring (bicyclic) bond motifs is 2. The molecule has 0 bridgehead atoms. The summed E-state index contributed by atoms with van der Waals surface area (Å²) in [4.78, 5) is 31.5. The highest BCUT2D eigenvalue weighted by Gasteiger charge is 2.29. The molecule has 0 radical (unpaired) electrons. The van der Waals surface area contributed by atoms with Gasteiger partial charge in [0.15, 0.2) is 0 Å². The zero-order valence-corrected chi connectivity index (χ0v) is 21.1. The van der Waals surface area contributed by atoms with E-state index in [1.807, 2.05) is 6.92 Å². The smallest absolute Gasteiger partial charge is 0.261 e. The van der Waals surface area contributed by atoms with E-state index in [0.29, 0.717) is 31.1 Å². The predicted octanol–water partition coefficient (Wildman–Crippen LogP) is 5.10. The first kappa shape index (κ1) is 23.7. The second kappa shape index (κ2) is 9.91. The number of aromatic nitrogens is 1. The Morgan fingerprint density at radius 2 is 1.69 bits per heavy atom. The van der Waals surface area contributed by atoms with Crippen LogP contribution in [0.2, 0.25) is 0 Å². The van der Waals surface area contributed by atoms with Crippen LogP contribution in [0.25, 0.3) is 0 Å². The van der Waals surface area contributed by atoms with Crippen molar-refractivity contribution in [2.75, 3.05) is 13.2 Å². The van der Waals surface area contributed by atoms with Crippen LogP contribution in [-0.2, 0) is 11.2 Å². The zero-order valence-electron chi connectivity index (χ0n) is 20.3. The summed E-state index contributed by atoms with van der Waals surface area (Å²) < 4.78 is 11.6. The molecule has 2 aliphatic heterocycles. The molecule has 6 nitrogen and oxygen atoms in total. The van der Waals surface area contributed by atoms with Crippen molar-refractivity contribution in [1.29, 1.82) is 0 Å². The van der Waals surface area contributed by atoms with E-state index in [1.165, 1.54) is 11.1 Å². The summed E-state index contributed by atoms with van der Waals surface area (Å²) in [6, 6.07) is 13.8. The molecule has 0 atom stereocenters. The Balaban J connectivity index is 1.49. The highest BCUT2D eigenvalue weighted by atomic mass is 32.2. The van der Waals surface area contributed by atoms with E-state index in [4.69, 9.17) is 9.47 Å². The number of carbonyl (C=O) groups is 1. The van der Waals surface area contributed by atoms with Gasteiger partial charge in [0, 0.05) is 28.7 Å². The van der Waals surface area contributed by atoms with E-state index >= 15 is 0 Å². The first-order valence-electron chi connectivity index (χ1n) is 12.1. The largest absolute Gasteiger partial charge is 0.488 e. The maximum atomic E-state index is 13.5. The molecule has 35 heavy (non-hydrogen) atoms. The standard InChI is InChI=1S/C28H30N2O4S/c1-4-22-23(34-18-9-11-33-12-10-18)15-21(27(31)29-22)28(32)30-26-19-7-5-16(2)13-24(19)35-25-14-17(3)6-8-20(25)26/h5-8,13-15,18,26H,4,9-12H2,1-3H3,(H,29,31)(H,30,32). The van der Waals surface area contributed by atoms with Gasteiger partial charge in [0.1, 0.15) is 17.4 Å². The predicted molar refractivity (Wildman–Crippen MR) is 137 cm³/mol. The minimum Gasteiger partial charge on any atom is -0.488 e. The maximum absolute atomic E-state index is 13.5. The Hall–Kier alpha value is -3.03. The van der Waals surface area contributed by atoms with E-state index in [1.54, 1.807) is 17.8 Å². The Bertz CT molecular complexity index is 1280. The first-order valence-corrected chi connectivity index (χ1v) is 12.9. The minimum atomic E-state index is -0.416. The zero-order chi connectivity index (χ0) is 24.5. The van der Waals surface area contributed by atoms with Gasteiger partial charge < -0.3 is 19.8 Å². The normalized spacial score (nSPS) is 15.9. The lowest BCUT2D eigenvalue weighted by Gasteiger charge is -2.29. The quantitative estimate of drug-likeness (QED) is 0.520. The Morgan fingerprint density at radius 3 is 2.29 bits per heavy atom. The number of nitrogens with one attached hydrogen (secondary N) is 2. The molecule has 5 rings (SSSR count). The van der Waals surface area contributed by atoms with Crippen molar-refractivity contribution in [1.82, 2.24) is 10.3 Å². The number of carbonyl (C=O) groups excluding carboxylic acids is 1. The van der Waals surface area contributed by atoms with Crippen molar-refractivity contribution < 1.29 is 14.3 Å². The van der Waals surface area contributed by atoms with Gasteiger partial charge in [0.05, 0.1) is 24.9 Å². The van der Waals surface area contributed by atoms with Crippen LogP contribution in [0.3, 0.4) is 0 Å². The molecule has 1 saturated heterocycles. The lowest BCUT2D eigenvalue weighted by molar-refractivity contribution is 0.0249. The van der Waals surface area contributed by atoms with E-state index in [0.717, 1.165) is 33.8 Å². The summed E-state index contributed by atoms with van der Waals surface area (Å²) in [5, 5.41) is 3.15. The molecule has 1 fully saturated rings. The summed E-state index contributed by atoms with van der Waals surface area (Å²) >= 11 is 1.72. The van der Waals surface area contributed by atoms with E-state index in [2.05, 4.69) is 60.5 Å². The van der Waals surface area contributed by atoms with Crippen molar-refractivity contribution in [2.45, 2.75) is 62.0 Å². The van der Waals surface area contributed by atoms with Crippen molar-refractivity contribution in [2.24, 2.45) is 0 Å². The van der Waals surface area contributed by atoms with Gasteiger partial charge in [-0.3, -0.25) is 9.59 Å². The highest BCUT2D eigenvalue weighted by molar-refractivity contribution is 7.99. The number of hydrogen-bond acceptors (Lipinski definition) is 5. The van der Waals surface area contributed by atoms with Crippen molar-refractivity contribution >= 4 is 17.7 Å². The average Bonchev–Trinajstić information content (AvgIpc) is 2.84. The van der Waals surface area contributed by atoms with Crippen LogP contribution < -0.4 is 15.6 Å². The lowest BCUT2D eigenvalue weighted by atomic mass is 9.95. The fraction of sp³-hybridized carbons (Fsp3) is 0.357. The van der Waals surface area contributed by atoms with Gasteiger partial charge in [-0.2, -0.15) is 0 Å². The van der Waals surface area contributed by atoms with Crippen molar-refractivity contribution in [3.05, 3.63) is 86.3 Å². The number of aryl methyl sites for hydroxylation is 3. The average molecular weight is 491 g/mol. The Morgan fingerprint density at radius 1 is 1.06 bits per heavy atom. The molecule has 1 aromatic heterocycles. The summed E-state index contributed by atoms with van der Waals surface area (Å²) in [7, 11) is 0. The molecular weight excluding hydrogens is 460 g/mol. The summed E-state index contributed by atoms with van der Waals surface area (Å²) in [6.07, 6.45) is 2.19. The van der Waals surface area contributed by atoms with Gasteiger partial charge in [-0.1, -0.05) is 43.0 Å². The third-order valence-corrected chi connectivity index (χ3v) is 7.74. The number of rotatable bonds is 5. The van der Waals surface area contributed by atoms with Gasteiger partial charge in [-0.05, 0) is 54.7 Å². The number of pyridine rings is 1. The molecule has 2 aliphatic rings. The summed E-state index contributed by atoms with van der Waals surface area (Å²) in [5.41, 5.74) is 4.75. The molecule has 3 aromatic rings. The Kier molecular flexibility index (Phi) is 6.71. The minimum absolute atomic E-state index is 0.0106. The van der Waals surface area contributed by atoms with Crippen LogP contribution in [0.1, 0.15) is 64.1 Å². The van der Waals surface area contributed by atoms with E-state index in [9.17, 15) is 9.59 Å². The van der Waals surface area contributed by atoms with Crippen LogP contribution in [0.15, 0.2) is 57.1 Å². The molecule has 2 N–H and O–H groups in total. The van der Waals surface area contributed by atoms with Crippen molar-refractivity contribution in [3.63, 3.8) is 0 Å². The summed E-state index contributed by atoms with van der Waals surface area (Å²) in [5.74, 6) is 0.149. The second-order valence-corrected chi connectivity index (χ2v) is 10.3. The molecule has 3 heterocycles. The van der Waals surface area contributed by atoms with Crippen LogP contribution in [0, 0.1) is 13.8 Å². The maximum Gasteiger partial charge on any atom is 0.261 e. The monoisotopic (exact) mass is 490 g/mol. The molecule has 0 unspecified atom stereocenters. The van der Waals surface area contributed by atoms with Gasteiger partial charge in [0.2, 0.25) is 0 Å². The SMILES string of the molecule is CCc1[nH]c(=O)c(C(=O)NC2c3ccc(C)cc3Sc3cc(C)ccc32)cc1OC1CCOCC1. The topological polar surface area (TPSA) is 80.4 Å². The number of benzene rings is 2. The molecule has 0 saturated carbocycles. The number of amides is 1. The highest BCUT2D eigenvalue weighted by Crippen LogP contribution is 2.45. The molecule has 1 amide bonds. The number of H-pyrrole nitrogens is 1. The number of ether oxygens (including phenoxy) is 2. The molecule has 2 aromatic carbocycles. The van der Waals surface area contributed by atoms with Gasteiger partial charge in [-0.15, -0.1) is 0 Å². The fourth-order valence-electron chi connectivity index (χ4n) is 4.65. The fourth-order valence-corrected chi connectivity index (χ4v) is 5.98.